The minimum Gasteiger partial charge on any atom is -0.342 e. The van der Waals surface area contributed by atoms with Gasteiger partial charge in [0.2, 0.25) is 0 Å². The summed E-state index contributed by atoms with van der Waals surface area (Å²) >= 11 is 1.76. The molecule has 1 aliphatic rings. The van der Waals surface area contributed by atoms with E-state index in [1.54, 1.807) is 16.2 Å². The molecule has 0 N–H and O–H groups in total. The Kier molecular flexibility index (Phi) is 3.10. The Labute approximate surface area is 94.9 Å². The van der Waals surface area contributed by atoms with Crippen molar-refractivity contribution in [2.45, 2.75) is 32.6 Å². The molecule has 0 unspecified atom stereocenters. The van der Waals surface area contributed by atoms with E-state index in [0.29, 0.717) is 0 Å². The van der Waals surface area contributed by atoms with Gasteiger partial charge in [0.15, 0.2) is 0 Å². The number of fused-ring (bicyclic) bond motifs is 1. The second kappa shape index (κ2) is 4.35. The van der Waals surface area contributed by atoms with Crippen molar-refractivity contribution in [3.63, 3.8) is 0 Å². The molecule has 82 valence electrons. The fraction of sp³-hybridized carbons (Fsp3) is 0.583. The van der Waals surface area contributed by atoms with Gasteiger partial charge in [-0.25, -0.2) is 0 Å². The molecule has 1 heterocycles. The fourth-order valence-electron chi connectivity index (χ4n) is 2.02. The zero-order chi connectivity index (χ0) is 10.8. The van der Waals surface area contributed by atoms with Crippen molar-refractivity contribution in [3.8, 4) is 0 Å². The maximum absolute atomic E-state index is 12.0. The Hall–Kier alpha value is -0.830. The van der Waals surface area contributed by atoms with E-state index in [-0.39, 0.29) is 5.91 Å². The number of nitrogens with zero attached hydrogens (tertiary/aromatic N) is 1. The maximum atomic E-state index is 12.0. The van der Waals surface area contributed by atoms with Crippen LogP contribution in [0.15, 0.2) is 5.38 Å². The van der Waals surface area contributed by atoms with Gasteiger partial charge in [-0.05, 0) is 38.2 Å². The van der Waals surface area contributed by atoms with Crippen molar-refractivity contribution < 1.29 is 4.79 Å². The minimum absolute atomic E-state index is 0.192. The molecular weight excluding hydrogens is 206 g/mol. The molecule has 2 nitrogen and oxygen atoms in total. The molecule has 1 aromatic rings. The van der Waals surface area contributed by atoms with Crippen molar-refractivity contribution in [1.29, 1.82) is 0 Å². The normalized spacial score (nSPS) is 14.8. The molecule has 0 fully saturated rings. The predicted molar refractivity (Wildman–Crippen MR) is 63.6 cm³/mol. The van der Waals surface area contributed by atoms with E-state index in [2.05, 4.69) is 0 Å². The van der Waals surface area contributed by atoms with E-state index in [4.69, 9.17) is 0 Å². The summed E-state index contributed by atoms with van der Waals surface area (Å²) in [5, 5.41) is 2.05. The van der Waals surface area contributed by atoms with Crippen LogP contribution in [0.1, 0.15) is 40.6 Å². The molecule has 0 saturated heterocycles. The molecule has 0 atom stereocenters. The van der Waals surface area contributed by atoms with Crippen molar-refractivity contribution in [3.05, 3.63) is 21.4 Å². The first-order chi connectivity index (χ1) is 7.24. The number of hydrogen-bond acceptors (Lipinski definition) is 2. The van der Waals surface area contributed by atoms with Crippen LogP contribution in [0.3, 0.4) is 0 Å². The highest BCUT2D eigenvalue weighted by molar-refractivity contribution is 7.10. The van der Waals surface area contributed by atoms with Crippen LogP contribution in [-0.2, 0) is 12.8 Å². The fourth-order valence-corrected chi connectivity index (χ4v) is 3.14. The quantitative estimate of drug-likeness (QED) is 0.755. The summed E-state index contributed by atoms with van der Waals surface area (Å²) in [6.07, 6.45) is 4.78. The summed E-state index contributed by atoms with van der Waals surface area (Å²) in [6, 6.07) is 0. The first kappa shape index (κ1) is 10.7. The van der Waals surface area contributed by atoms with Crippen molar-refractivity contribution in [1.82, 2.24) is 4.90 Å². The van der Waals surface area contributed by atoms with E-state index in [1.807, 2.05) is 19.4 Å². The highest BCUT2D eigenvalue weighted by Crippen LogP contribution is 2.30. The van der Waals surface area contributed by atoms with Gasteiger partial charge in [-0.1, -0.05) is 0 Å². The van der Waals surface area contributed by atoms with Crippen LogP contribution in [0.25, 0.3) is 0 Å². The lowest BCUT2D eigenvalue weighted by Crippen LogP contribution is -2.27. The van der Waals surface area contributed by atoms with Crippen LogP contribution >= 0.6 is 11.3 Å². The molecule has 0 aromatic carbocycles. The van der Waals surface area contributed by atoms with Gasteiger partial charge in [0.1, 0.15) is 0 Å². The third-order valence-electron chi connectivity index (χ3n) is 3.11. The first-order valence-corrected chi connectivity index (χ1v) is 6.46. The number of aryl methyl sites for hydroxylation is 1. The SMILES string of the molecule is CCN(C)C(=O)c1csc2c1CCCC2. The summed E-state index contributed by atoms with van der Waals surface area (Å²) < 4.78 is 0. The number of carbonyl (C=O) groups excluding carboxylic acids is 1. The van der Waals surface area contributed by atoms with Crippen molar-refractivity contribution >= 4 is 17.2 Å². The molecular formula is C12H17NOS. The van der Waals surface area contributed by atoms with Crippen LogP contribution in [-0.4, -0.2) is 24.4 Å². The van der Waals surface area contributed by atoms with Crippen LogP contribution in [0, 0.1) is 0 Å². The molecule has 0 radical (unpaired) electrons. The standard InChI is InChI=1S/C12H17NOS/c1-3-13(2)12(14)10-8-15-11-7-5-4-6-9(10)11/h8H,3-7H2,1-2H3. The summed E-state index contributed by atoms with van der Waals surface area (Å²) in [5.74, 6) is 0.192. The monoisotopic (exact) mass is 223 g/mol. The molecule has 0 bridgehead atoms. The van der Waals surface area contributed by atoms with Gasteiger partial charge in [-0.3, -0.25) is 4.79 Å². The topological polar surface area (TPSA) is 20.3 Å². The Bertz CT molecular complexity index is 370. The minimum atomic E-state index is 0.192. The second-order valence-corrected chi connectivity index (χ2v) is 5.04. The summed E-state index contributed by atoms with van der Waals surface area (Å²) in [6.45, 7) is 2.79. The number of carbonyl (C=O) groups is 1. The lowest BCUT2D eigenvalue weighted by Gasteiger charge is -2.17. The molecule has 1 amide bonds. The summed E-state index contributed by atoms with van der Waals surface area (Å²) in [4.78, 5) is 15.3. The van der Waals surface area contributed by atoms with Crippen LogP contribution < -0.4 is 0 Å². The zero-order valence-electron chi connectivity index (χ0n) is 9.38. The van der Waals surface area contributed by atoms with Gasteiger partial charge < -0.3 is 4.90 Å². The van der Waals surface area contributed by atoms with E-state index < -0.39 is 0 Å². The Morgan fingerprint density at radius 2 is 2.20 bits per heavy atom. The molecule has 0 aliphatic heterocycles. The number of hydrogen-bond donors (Lipinski definition) is 0. The highest BCUT2D eigenvalue weighted by Gasteiger charge is 2.21. The zero-order valence-corrected chi connectivity index (χ0v) is 10.2. The molecule has 0 saturated carbocycles. The lowest BCUT2D eigenvalue weighted by molar-refractivity contribution is 0.0801. The van der Waals surface area contributed by atoms with Crippen molar-refractivity contribution in [2.24, 2.45) is 0 Å². The van der Waals surface area contributed by atoms with Crippen LogP contribution in [0.4, 0.5) is 0 Å². The first-order valence-electron chi connectivity index (χ1n) is 5.58. The number of thiophene rings is 1. The van der Waals surface area contributed by atoms with Gasteiger partial charge in [-0.15, -0.1) is 11.3 Å². The third-order valence-corrected chi connectivity index (χ3v) is 4.20. The van der Waals surface area contributed by atoms with Gasteiger partial charge >= 0.3 is 0 Å². The molecule has 3 heteroatoms. The highest BCUT2D eigenvalue weighted by atomic mass is 32.1. The van der Waals surface area contributed by atoms with Gasteiger partial charge in [0.25, 0.3) is 5.91 Å². The number of rotatable bonds is 2. The van der Waals surface area contributed by atoms with E-state index in [1.165, 1.54) is 29.7 Å². The Morgan fingerprint density at radius 3 is 2.93 bits per heavy atom. The van der Waals surface area contributed by atoms with Gasteiger partial charge in [0.05, 0.1) is 5.56 Å². The van der Waals surface area contributed by atoms with Crippen LogP contribution in [0.2, 0.25) is 0 Å². The molecule has 1 aliphatic carbocycles. The second-order valence-electron chi connectivity index (χ2n) is 4.08. The maximum Gasteiger partial charge on any atom is 0.254 e. The van der Waals surface area contributed by atoms with Gasteiger partial charge in [0, 0.05) is 23.8 Å². The average Bonchev–Trinajstić information content (AvgIpc) is 2.70. The van der Waals surface area contributed by atoms with E-state index in [9.17, 15) is 4.79 Å². The smallest absolute Gasteiger partial charge is 0.254 e. The average molecular weight is 223 g/mol. The van der Waals surface area contributed by atoms with Crippen molar-refractivity contribution in [2.75, 3.05) is 13.6 Å². The summed E-state index contributed by atoms with van der Waals surface area (Å²) in [5.41, 5.74) is 2.29. The molecule has 15 heavy (non-hydrogen) atoms. The van der Waals surface area contributed by atoms with Gasteiger partial charge in [-0.2, -0.15) is 0 Å². The van der Waals surface area contributed by atoms with E-state index in [0.717, 1.165) is 18.5 Å². The lowest BCUT2D eigenvalue weighted by atomic mass is 9.95. The molecule has 2 rings (SSSR count). The Balaban J connectivity index is 2.28. The summed E-state index contributed by atoms with van der Waals surface area (Å²) in [7, 11) is 1.87. The van der Waals surface area contributed by atoms with E-state index >= 15 is 0 Å². The predicted octanol–water partition coefficient (Wildman–Crippen LogP) is 2.72. The number of amides is 1. The Morgan fingerprint density at radius 1 is 1.47 bits per heavy atom. The largest absolute Gasteiger partial charge is 0.342 e. The molecule has 1 aromatic heterocycles. The third kappa shape index (κ3) is 1.93. The van der Waals surface area contributed by atoms with Crippen LogP contribution in [0.5, 0.6) is 0 Å². The molecule has 0 spiro atoms.